The van der Waals surface area contributed by atoms with E-state index in [-0.39, 0.29) is 18.7 Å². The highest BCUT2D eigenvalue weighted by Gasteiger charge is 2.36. The van der Waals surface area contributed by atoms with Crippen LogP contribution < -0.4 is 15.6 Å². The van der Waals surface area contributed by atoms with Gasteiger partial charge in [0.2, 0.25) is 0 Å². The fourth-order valence-corrected chi connectivity index (χ4v) is 4.31. The molecule has 34 heavy (non-hydrogen) atoms. The molecule has 9 heteroatoms. The zero-order valence-corrected chi connectivity index (χ0v) is 20.7. The molecule has 1 aliphatic heterocycles. The van der Waals surface area contributed by atoms with Crippen molar-refractivity contribution in [2.45, 2.75) is 52.2 Å². The molecular formula is C25H36N4O5. The fourth-order valence-electron chi connectivity index (χ4n) is 4.31. The van der Waals surface area contributed by atoms with Gasteiger partial charge in [-0.05, 0) is 57.7 Å². The molecule has 1 aliphatic carbocycles. The standard InChI is InChI=1S/C25H36N4O5/c1-17(2)34-24(30)27-16-18(3)29(25(31)33-5)22-12-11-19(15-23(22)27)20-9-7-6-8-10-21(20)28(26)13-14-32-4/h7,9,11-12,15,17-18H,6,8,10,13-14,16,26H2,1-5H3/t18-/m0/s1. The lowest BCUT2D eigenvalue weighted by Gasteiger charge is -2.40. The van der Waals surface area contributed by atoms with E-state index >= 15 is 0 Å². The lowest BCUT2D eigenvalue weighted by Crippen LogP contribution is -2.52. The van der Waals surface area contributed by atoms with Gasteiger partial charge in [-0.3, -0.25) is 9.80 Å². The SMILES string of the molecule is COCCN(N)C1=C(c2ccc3c(c2)N(C(=O)OC(C)C)C[C@H](C)N3C(=O)OC)C=CCCC1. The first-order valence-corrected chi connectivity index (χ1v) is 11.7. The van der Waals surface area contributed by atoms with Crippen LogP contribution in [0.5, 0.6) is 0 Å². The number of carbonyl (C=O) groups excluding carboxylic acids is 2. The monoisotopic (exact) mass is 472 g/mol. The Morgan fingerprint density at radius 3 is 2.65 bits per heavy atom. The molecule has 3 rings (SSSR count). The number of benzene rings is 1. The second-order valence-electron chi connectivity index (χ2n) is 8.78. The number of allylic oxidation sites excluding steroid dienone is 4. The van der Waals surface area contributed by atoms with Crippen LogP contribution in [-0.4, -0.2) is 63.3 Å². The Hall–Kier alpha value is -3.04. The Morgan fingerprint density at radius 2 is 1.97 bits per heavy atom. The van der Waals surface area contributed by atoms with E-state index < -0.39 is 12.2 Å². The molecule has 9 nitrogen and oxygen atoms in total. The first-order valence-electron chi connectivity index (χ1n) is 11.7. The van der Waals surface area contributed by atoms with Crippen molar-refractivity contribution in [2.24, 2.45) is 5.84 Å². The largest absolute Gasteiger partial charge is 0.452 e. The van der Waals surface area contributed by atoms with Crippen molar-refractivity contribution < 1.29 is 23.8 Å². The number of methoxy groups -OCH3 is 2. The van der Waals surface area contributed by atoms with E-state index in [0.717, 1.165) is 36.1 Å². The third-order valence-corrected chi connectivity index (χ3v) is 5.92. The molecule has 2 amide bonds. The van der Waals surface area contributed by atoms with Crippen molar-refractivity contribution in [1.82, 2.24) is 5.01 Å². The first kappa shape index (κ1) is 25.6. The number of carbonyl (C=O) groups is 2. The van der Waals surface area contributed by atoms with Gasteiger partial charge in [0.25, 0.3) is 0 Å². The van der Waals surface area contributed by atoms with E-state index in [9.17, 15) is 9.59 Å². The van der Waals surface area contributed by atoms with Crippen LogP contribution >= 0.6 is 0 Å². The summed E-state index contributed by atoms with van der Waals surface area (Å²) in [6.07, 6.45) is 5.80. The Balaban J connectivity index is 2.13. The topological polar surface area (TPSA) is 97.6 Å². The average Bonchev–Trinajstić information content (AvgIpc) is 3.07. The van der Waals surface area contributed by atoms with Crippen molar-refractivity contribution in [1.29, 1.82) is 0 Å². The zero-order chi connectivity index (χ0) is 24.8. The van der Waals surface area contributed by atoms with Crippen LogP contribution in [0.25, 0.3) is 5.57 Å². The van der Waals surface area contributed by atoms with E-state index in [2.05, 4.69) is 12.2 Å². The van der Waals surface area contributed by atoms with Gasteiger partial charge in [-0.2, -0.15) is 0 Å². The molecule has 0 spiro atoms. The van der Waals surface area contributed by atoms with E-state index in [0.29, 0.717) is 24.5 Å². The summed E-state index contributed by atoms with van der Waals surface area (Å²) in [5, 5.41) is 1.74. The van der Waals surface area contributed by atoms with Gasteiger partial charge in [-0.25, -0.2) is 15.4 Å². The maximum absolute atomic E-state index is 13.0. The Morgan fingerprint density at radius 1 is 1.21 bits per heavy atom. The molecule has 1 aromatic rings. The predicted octanol–water partition coefficient (Wildman–Crippen LogP) is 4.29. The molecule has 1 heterocycles. The van der Waals surface area contributed by atoms with E-state index in [1.165, 1.54) is 7.11 Å². The Labute approximate surface area is 201 Å². The number of rotatable bonds is 6. The number of fused-ring (bicyclic) bond motifs is 1. The predicted molar refractivity (Wildman–Crippen MR) is 132 cm³/mol. The van der Waals surface area contributed by atoms with Crippen molar-refractivity contribution >= 4 is 29.1 Å². The number of anilines is 2. The average molecular weight is 473 g/mol. The summed E-state index contributed by atoms with van der Waals surface area (Å²) in [7, 11) is 3.00. The molecule has 0 bridgehead atoms. The number of amides is 2. The third-order valence-electron chi connectivity index (χ3n) is 5.92. The van der Waals surface area contributed by atoms with E-state index in [1.807, 2.05) is 39.0 Å². The summed E-state index contributed by atoms with van der Waals surface area (Å²) in [4.78, 5) is 28.7. The summed E-state index contributed by atoms with van der Waals surface area (Å²) in [6, 6.07) is 5.44. The zero-order valence-electron chi connectivity index (χ0n) is 20.7. The number of nitrogens with two attached hydrogens (primary N) is 1. The van der Waals surface area contributed by atoms with Gasteiger partial charge in [-0.15, -0.1) is 0 Å². The van der Waals surface area contributed by atoms with Crippen molar-refractivity contribution in [3.05, 3.63) is 41.6 Å². The van der Waals surface area contributed by atoms with Crippen molar-refractivity contribution in [3.63, 3.8) is 0 Å². The number of nitrogens with zero attached hydrogens (tertiary/aromatic N) is 3. The molecule has 0 unspecified atom stereocenters. The lowest BCUT2D eigenvalue weighted by molar-refractivity contribution is 0.121. The molecule has 0 aromatic heterocycles. The summed E-state index contributed by atoms with van der Waals surface area (Å²) < 4.78 is 15.7. The molecule has 2 aliphatic rings. The third kappa shape index (κ3) is 5.53. The number of ether oxygens (including phenoxy) is 3. The second-order valence-corrected chi connectivity index (χ2v) is 8.78. The molecule has 1 aromatic carbocycles. The summed E-state index contributed by atoms with van der Waals surface area (Å²) in [5.74, 6) is 6.41. The maximum Gasteiger partial charge on any atom is 0.414 e. The molecule has 0 saturated carbocycles. The molecule has 0 saturated heterocycles. The maximum atomic E-state index is 13.0. The highest BCUT2D eigenvalue weighted by atomic mass is 16.6. The number of hydrogen-bond acceptors (Lipinski definition) is 7. The summed E-state index contributed by atoms with van der Waals surface area (Å²) in [5.41, 5.74) is 4.09. The van der Waals surface area contributed by atoms with Gasteiger partial charge in [0.15, 0.2) is 0 Å². The number of hydrogen-bond donors (Lipinski definition) is 1. The van der Waals surface area contributed by atoms with Gasteiger partial charge in [0.1, 0.15) is 0 Å². The minimum absolute atomic E-state index is 0.265. The minimum atomic E-state index is -0.472. The van der Waals surface area contributed by atoms with Crippen LogP contribution in [0.15, 0.2) is 36.0 Å². The number of hydrazine groups is 1. The van der Waals surface area contributed by atoms with Crippen LogP contribution in [0.3, 0.4) is 0 Å². The van der Waals surface area contributed by atoms with Gasteiger partial charge >= 0.3 is 12.2 Å². The van der Waals surface area contributed by atoms with Gasteiger partial charge in [-0.1, -0.05) is 18.2 Å². The highest BCUT2D eigenvalue weighted by Crippen LogP contribution is 2.40. The van der Waals surface area contributed by atoms with Crippen molar-refractivity contribution in [2.75, 3.05) is 43.7 Å². The smallest absolute Gasteiger partial charge is 0.414 e. The molecule has 2 N–H and O–H groups in total. The van der Waals surface area contributed by atoms with E-state index in [1.54, 1.807) is 21.9 Å². The quantitative estimate of drug-likeness (QED) is 0.487. The van der Waals surface area contributed by atoms with Crippen LogP contribution in [0.1, 0.15) is 45.6 Å². The van der Waals surface area contributed by atoms with Crippen LogP contribution in [0.2, 0.25) is 0 Å². The van der Waals surface area contributed by atoms with Gasteiger partial charge < -0.3 is 19.2 Å². The second kappa shape index (κ2) is 11.4. The van der Waals surface area contributed by atoms with E-state index in [4.69, 9.17) is 20.1 Å². The summed E-state index contributed by atoms with van der Waals surface area (Å²) in [6.45, 7) is 6.87. The molecule has 1 atom stereocenters. The molecule has 186 valence electrons. The fraction of sp³-hybridized carbons (Fsp3) is 0.520. The van der Waals surface area contributed by atoms with Crippen LogP contribution in [0, 0.1) is 0 Å². The van der Waals surface area contributed by atoms with Gasteiger partial charge in [0.05, 0.1) is 50.3 Å². The van der Waals surface area contributed by atoms with Crippen molar-refractivity contribution in [3.8, 4) is 0 Å². The van der Waals surface area contributed by atoms with Crippen LogP contribution in [-0.2, 0) is 14.2 Å². The Bertz CT molecular complexity index is 959. The Kier molecular flexibility index (Phi) is 8.57. The molecular weight excluding hydrogens is 436 g/mol. The highest BCUT2D eigenvalue weighted by molar-refractivity contribution is 6.01. The molecule has 0 fully saturated rings. The lowest BCUT2D eigenvalue weighted by atomic mass is 9.98. The molecule has 0 radical (unpaired) electrons. The summed E-state index contributed by atoms with van der Waals surface area (Å²) >= 11 is 0. The van der Waals surface area contributed by atoms with Gasteiger partial charge in [0, 0.05) is 18.4 Å². The van der Waals surface area contributed by atoms with Crippen LogP contribution in [0.4, 0.5) is 21.0 Å². The normalized spacial score (nSPS) is 18.0. The minimum Gasteiger partial charge on any atom is -0.452 e. The first-order chi connectivity index (χ1) is 16.3.